The molecule has 2 N–H and O–H groups in total. The highest BCUT2D eigenvalue weighted by Crippen LogP contribution is 2.27. The van der Waals surface area contributed by atoms with Crippen LogP contribution in [0.5, 0.6) is 5.88 Å². The lowest BCUT2D eigenvalue weighted by Gasteiger charge is -2.37. The molecule has 3 rings (SSSR count). The van der Waals surface area contributed by atoms with Crippen LogP contribution in [-0.4, -0.2) is 89.6 Å². The molecular weight excluding hydrogens is 466 g/mol. The number of rotatable bonds is 6. The molecule has 3 heterocycles. The molecule has 11 nitrogen and oxygen atoms in total. The van der Waals surface area contributed by atoms with Crippen LogP contribution in [0.25, 0.3) is 0 Å². The Bertz CT molecular complexity index is 1130. The van der Waals surface area contributed by atoms with Gasteiger partial charge < -0.3 is 34.2 Å². The lowest BCUT2D eigenvalue weighted by molar-refractivity contribution is 0.0356. The number of aliphatic hydroxyl groups is 1. The van der Waals surface area contributed by atoms with Crippen molar-refractivity contribution in [1.29, 1.82) is 0 Å². The molecule has 36 heavy (non-hydrogen) atoms. The van der Waals surface area contributed by atoms with Gasteiger partial charge in [0.15, 0.2) is 5.76 Å². The van der Waals surface area contributed by atoms with Gasteiger partial charge in [-0.15, -0.1) is 0 Å². The molecule has 1 aliphatic heterocycles. The normalized spacial score (nSPS) is 18.2. The highest BCUT2D eigenvalue weighted by Gasteiger charge is 2.34. The minimum absolute atomic E-state index is 0.156. The van der Waals surface area contributed by atoms with Gasteiger partial charge >= 0.3 is 6.03 Å². The van der Waals surface area contributed by atoms with Crippen LogP contribution in [0.4, 0.5) is 10.5 Å². The second kappa shape index (κ2) is 11.9. The molecule has 0 radical (unpaired) electrons. The molecule has 1 aliphatic rings. The molecule has 194 valence electrons. The van der Waals surface area contributed by atoms with Gasteiger partial charge in [0, 0.05) is 38.4 Å². The van der Waals surface area contributed by atoms with E-state index in [0.29, 0.717) is 29.2 Å². The zero-order chi connectivity index (χ0) is 26.4. The Morgan fingerprint density at radius 3 is 2.83 bits per heavy atom. The second-order valence-electron chi connectivity index (χ2n) is 8.94. The number of pyridine rings is 1. The number of aromatic nitrogens is 2. The predicted molar refractivity (Wildman–Crippen MR) is 132 cm³/mol. The maximum Gasteiger partial charge on any atom is 0.321 e. The Hall–Kier alpha value is -3.62. The summed E-state index contributed by atoms with van der Waals surface area (Å²) in [5.74, 6) is 5.96. The van der Waals surface area contributed by atoms with Gasteiger partial charge in [-0.05, 0) is 26.8 Å². The summed E-state index contributed by atoms with van der Waals surface area (Å²) in [5, 5.41) is 16.5. The van der Waals surface area contributed by atoms with E-state index in [1.807, 2.05) is 6.92 Å². The van der Waals surface area contributed by atoms with E-state index >= 15 is 0 Å². The quantitative estimate of drug-likeness (QED) is 0.578. The SMILES string of the molecule is COCC#Cc1cnc2c(c1)C(=O)N([C@H](C)CO)C[C@H](C)[C@@H](CN(C)C(=O)Nc1c(C)noc1C)O2. The summed E-state index contributed by atoms with van der Waals surface area (Å²) in [6.07, 6.45) is 1.05. The first-order valence-corrected chi connectivity index (χ1v) is 11.7. The first-order valence-electron chi connectivity index (χ1n) is 11.7. The van der Waals surface area contributed by atoms with E-state index in [9.17, 15) is 14.7 Å². The van der Waals surface area contributed by atoms with Crippen molar-refractivity contribution in [3.05, 3.63) is 34.8 Å². The van der Waals surface area contributed by atoms with Gasteiger partial charge in [0.05, 0.1) is 19.2 Å². The van der Waals surface area contributed by atoms with Crippen molar-refractivity contribution in [1.82, 2.24) is 19.9 Å². The fraction of sp³-hybridized carbons (Fsp3) is 0.520. The number of nitrogens with one attached hydrogen (secondary N) is 1. The topological polar surface area (TPSA) is 130 Å². The number of carbonyl (C=O) groups excluding carboxylic acids is 2. The summed E-state index contributed by atoms with van der Waals surface area (Å²) in [6.45, 7) is 7.78. The smallest absolute Gasteiger partial charge is 0.321 e. The number of nitrogens with zero attached hydrogens (tertiary/aromatic N) is 4. The molecule has 0 bridgehead atoms. The number of methoxy groups -OCH3 is 1. The van der Waals surface area contributed by atoms with Gasteiger partial charge in [-0.25, -0.2) is 9.78 Å². The van der Waals surface area contributed by atoms with Crippen molar-refractivity contribution in [2.24, 2.45) is 5.92 Å². The third-order valence-electron chi connectivity index (χ3n) is 6.04. The highest BCUT2D eigenvalue weighted by molar-refractivity contribution is 5.97. The molecule has 0 aromatic carbocycles. The summed E-state index contributed by atoms with van der Waals surface area (Å²) in [7, 11) is 3.20. The second-order valence-corrected chi connectivity index (χ2v) is 8.94. The molecule has 3 amide bonds. The fourth-order valence-corrected chi connectivity index (χ4v) is 3.82. The average molecular weight is 500 g/mol. The van der Waals surface area contributed by atoms with E-state index in [1.54, 1.807) is 45.9 Å². The summed E-state index contributed by atoms with van der Waals surface area (Å²) >= 11 is 0. The van der Waals surface area contributed by atoms with E-state index in [-0.39, 0.29) is 49.1 Å². The Balaban J connectivity index is 1.88. The zero-order valence-electron chi connectivity index (χ0n) is 21.5. The monoisotopic (exact) mass is 499 g/mol. The number of carbonyl (C=O) groups is 2. The van der Waals surface area contributed by atoms with Gasteiger partial charge in [0.1, 0.15) is 29.7 Å². The Morgan fingerprint density at radius 2 is 2.19 bits per heavy atom. The van der Waals surface area contributed by atoms with Gasteiger partial charge in [0.2, 0.25) is 5.88 Å². The summed E-state index contributed by atoms with van der Waals surface area (Å²) in [4.78, 5) is 33.8. The lowest BCUT2D eigenvalue weighted by Crippen LogP contribution is -2.50. The molecule has 2 aromatic rings. The van der Waals surface area contributed by atoms with E-state index in [4.69, 9.17) is 14.0 Å². The summed E-state index contributed by atoms with van der Waals surface area (Å²) in [6, 6.07) is 0.858. The first-order chi connectivity index (χ1) is 17.2. The Morgan fingerprint density at radius 1 is 1.44 bits per heavy atom. The predicted octanol–water partition coefficient (Wildman–Crippen LogP) is 2.07. The fourth-order valence-electron chi connectivity index (χ4n) is 3.82. The maximum absolute atomic E-state index is 13.4. The van der Waals surface area contributed by atoms with Crippen molar-refractivity contribution in [2.45, 2.75) is 39.8 Å². The Kier molecular flexibility index (Phi) is 8.90. The lowest BCUT2D eigenvalue weighted by atomic mass is 10.00. The van der Waals surface area contributed by atoms with E-state index in [0.717, 1.165) is 0 Å². The van der Waals surface area contributed by atoms with Crippen LogP contribution >= 0.6 is 0 Å². The van der Waals surface area contributed by atoms with Crippen molar-refractivity contribution >= 4 is 17.6 Å². The van der Waals surface area contributed by atoms with Crippen molar-refractivity contribution in [3.8, 4) is 17.7 Å². The molecule has 11 heteroatoms. The van der Waals surface area contributed by atoms with Crippen LogP contribution in [-0.2, 0) is 4.74 Å². The number of fused-ring (bicyclic) bond motifs is 1. The minimum Gasteiger partial charge on any atom is -0.472 e. The number of anilines is 1. The number of ether oxygens (including phenoxy) is 2. The number of likely N-dealkylation sites (N-methyl/N-ethyl adjacent to an activating group) is 1. The summed E-state index contributed by atoms with van der Waals surface area (Å²) < 4.78 is 16.3. The van der Waals surface area contributed by atoms with Crippen LogP contribution in [0.3, 0.4) is 0 Å². The zero-order valence-corrected chi connectivity index (χ0v) is 21.5. The third kappa shape index (κ3) is 6.13. The summed E-state index contributed by atoms with van der Waals surface area (Å²) in [5.41, 5.74) is 1.90. The van der Waals surface area contributed by atoms with Gasteiger partial charge in [-0.2, -0.15) is 0 Å². The molecule has 3 atom stereocenters. The highest BCUT2D eigenvalue weighted by atomic mass is 16.5. The molecule has 0 saturated carbocycles. The van der Waals surface area contributed by atoms with Crippen molar-refractivity contribution in [3.63, 3.8) is 0 Å². The van der Waals surface area contributed by atoms with Gasteiger partial charge in [-0.3, -0.25) is 4.79 Å². The van der Waals surface area contributed by atoms with Crippen LogP contribution in [0.15, 0.2) is 16.8 Å². The largest absolute Gasteiger partial charge is 0.472 e. The average Bonchev–Trinajstić information content (AvgIpc) is 3.18. The number of urea groups is 1. The van der Waals surface area contributed by atoms with Crippen LogP contribution in [0.2, 0.25) is 0 Å². The molecule has 0 unspecified atom stereocenters. The molecule has 0 fully saturated rings. The van der Waals surface area contributed by atoms with Gasteiger partial charge in [-0.1, -0.05) is 23.9 Å². The standard InChI is InChI=1S/C25H33N5O6/c1-15-12-30(16(2)14-31)24(32)20-10-19(8-7-9-34-6)11-26-23(20)35-21(15)13-29(5)25(33)27-22-17(3)28-36-18(22)4/h10-11,15-16,21,31H,9,12-14H2,1-6H3,(H,27,33)/t15-,16+,21+/m0/s1. The van der Waals surface area contributed by atoms with E-state index in [2.05, 4.69) is 27.3 Å². The number of aliphatic hydroxyl groups excluding tert-OH is 1. The number of hydrogen-bond donors (Lipinski definition) is 2. The van der Waals surface area contributed by atoms with Crippen LogP contribution in [0.1, 0.15) is 41.2 Å². The molecular formula is C25H33N5O6. The number of amides is 3. The molecule has 0 spiro atoms. The van der Waals surface area contributed by atoms with E-state index < -0.39 is 12.1 Å². The first kappa shape index (κ1) is 27.0. The molecule has 2 aromatic heterocycles. The third-order valence-corrected chi connectivity index (χ3v) is 6.04. The molecule has 0 saturated heterocycles. The minimum atomic E-state index is -0.483. The van der Waals surface area contributed by atoms with Crippen LogP contribution < -0.4 is 10.1 Å². The van der Waals surface area contributed by atoms with E-state index in [1.165, 1.54) is 11.1 Å². The number of aryl methyl sites for hydroxylation is 2. The van der Waals surface area contributed by atoms with Gasteiger partial charge in [0.25, 0.3) is 5.91 Å². The molecule has 0 aliphatic carbocycles. The van der Waals surface area contributed by atoms with Crippen molar-refractivity contribution < 1.29 is 28.7 Å². The Labute approximate surface area is 210 Å². The maximum atomic E-state index is 13.4. The van der Waals surface area contributed by atoms with Crippen LogP contribution in [0, 0.1) is 31.6 Å². The number of hydrogen-bond acceptors (Lipinski definition) is 8. The van der Waals surface area contributed by atoms with Crippen molar-refractivity contribution in [2.75, 3.05) is 45.8 Å².